The van der Waals surface area contributed by atoms with Crippen molar-refractivity contribution in [1.82, 2.24) is 0 Å². The van der Waals surface area contributed by atoms with Gasteiger partial charge < -0.3 is 39.4 Å². The zero-order valence-electron chi connectivity index (χ0n) is 16.8. The Morgan fingerprint density at radius 3 is 2.03 bits per heavy atom. The molecule has 2 aromatic carbocycles. The van der Waals surface area contributed by atoms with Crippen LogP contribution in [0.5, 0.6) is 28.7 Å². The SMILES string of the molecule is COc1cc([C@@H](O)[C@H](CO)Oc2c(OC)cc(CCCO)cc2OC)ccc1O. The minimum absolute atomic E-state index is 0.0632. The summed E-state index contributed by atoms with van der Waals surface area (Å²) in [6.45, 7) is -0.416. The summed E-state index contributed by atoms with van der Waals surface area (Å²) in [4.78, 5) is 0. The molecule has 0 heterocycles. The van der Waals surface area contributed by atoms with Gasteiger partial charge in [-0.05, 0) is 48.2 Å². The summed E-state index contributed by atoms with van der Waals surface area (Å²) < 4.78 is 21.8. The van der Waals surface area contributed by atoms with Crippen LogP contribution >= 0.6 is 0 Å². The summed E-state index contributed by atoms with van der Waals surface area (Å²) in [5, 5.41) is 39.3. The van der Waals surface area contributed by atoms with Gasteiger partial charge in [-0.15, -0.1) is 0 Å². The number of rotatable bonds is 11. The normalized spacial score (nSPS) is 12.9. The summed E-state index contributed by atoms with van der Waals surface area (Å²) in [7, 11) is 4.36. The predicted molar refractivity (Wildman–Crippen MR) is 106 cm³/mol. The fraction of sp³-hybridized carbons (Fsp3) is 0.429. The summed E-state index contributed by atoms with van der Waals surface area (Å²) in [6, 6.07) is 7.90. The van der Waals surface area contributed by atoms with Crippen LogP contribution in [0.4, 0.5) is 0 Å². The summed E-state index contributed by atoms with van der Waals surface area (Å²) in [5.41, 5.74) is 1.29. The number of hydrogen-bond donors (Lipinski definition) is 4. The van der Waals surface area contributed by atoms with Gasteiger partial charge in [0.1, 0.15) is 6.10 Å². The van der Waals surface area contributed by atoms with Gasteiger partial charge >= 0.3 is 0 Å². The van der Waals surface area contributed by atoms with Crippen LogP contribution in [-0.4, -0.2) is 61.1 Å². The van der Waals surface area contributed by atoms with Crippen molar-refractivity contribution in [1.29, 1.82) is 0 Å². The second kappa shape index (κ2) is 10.8. The van der Waals surface area contributed by atoms with Gasteiger partial charge in [0, 0.05) is 6.61 Å². The average molecular weight is 408 g/mol. The molecule has 0 aromatic heterocycles. The fourth-order valence-corrected chi connectivity index (χ4v) is 2.92. The van der Waals surface area contributed by atoms with Crippen molar-refractivity contribution in [3.63, 3.8) is 0 Å². The quantitative estimate of drug-likeness (QED) is 0.445. The molecule has 0 fully saturated rings. The van der Waals surface area contributed by atoms with E-state index in [9.17, 15) is 15.3 Å². The molecule has 2 aromatic rings. The van der Waals surface area contributed by atoms with Crippen LogP contribution in [0.15, 0.2) is 30.3 Å². The number of ether oxygens (including phenoxy) is 4. The topological polar surface area (TPSA) is 118 Å². The summed E-state index contributed by atoms with van der Waals surface area (Å²) in [6.07, 6.45) is -1.02. The number of aliphatic hydroxyl groups is 3. The lowest BCUT2D eigenvalue weighted by molar-refractivity contribution is -0.00176. The second-order valence-corrected chi connectivity index (χ2v) is 6.37. The average Bonchev–Trinajstić information content (AvgIpc) is 2.75. The van der Waals surface area contributed by atoms with Crippen LogP contribution in [0.25, 0.3) is 0 Å². The van der Waals surface area contributed by atoms with Crippen molar-refractivity contribution in [2.45, 2.75) is 25.0 Å². The monoisotopic (exact) mass is 408 g/mol. The lowest BCUT2D eigenvalue weighted by Gasteiger charge is -2.25. The Balaban J connectivity index is 2.33. The predicted octanol–water partition coefficient (Wildman–Crippen LogP) is 1.82. The molecule has 160 valence electrons. The summed E-state index contributed by atoms with van der Waals surface area (Å²) >= 11 is 0. The first-order valence-corrected chi connectivity index (χ1v) is 9.17. The van der Waals surface area contributed by atoms with Gasteiger partial charge in [0.2, 0.25) is 5.75 Å². The van der Waals surface area contributed by atoms with E-state index in [1.165, 1.54) is 39.5 Å². The van der Waals surface area contributed by atoms with E-state index in [1.807, 2.05) is 0 Å². The highest BCUT2D eigenvalue weighted by Gasteiger charge is 2.26. The van der Waals surface area contributed by atoms with E-state index < -0.39 is 18.8 Å². The highest BCUT2D eigenvalue weighted by molar-refractivity contribution is 5.54. The lowest BCUT2D eigenvalue weighted by atomic mass is 10.0. The number of phenols is 1. The van der Waals surface area contributed by atoms with Crippen molar-refractivity contribution in [2.75, 3.05) is 34.5 Å². The first-order valence-electron chi connectivity index (χ1n) is 9.17. The van der Waals surface area contributed by atoms with Crippen molar-refractivity contribution in [2.24, 2.45) is 0 Å². The molecule has 0 unspecified atom stereocenters. The van der Waals surface area contributed by atoms with E-state index in [0.29, 0.717) is 29.9 Å². The van der Waals surface area contributed by atoms with E-state index in [-0.39, 0.29) is 23.9 Å². The maximum absolute atomic E-state index is 10.7. The van der Waals surface area contributed by atoms with Crippen LogP contribution < -0.4 is 18.9 Å². The van der Waals surface area contributed by atoms with Gasteiger partial charge in [-0.25, -0.2) is 0 Å². The number of aromatic hydroxyl groups is 1. The number of hydrogen-bond acceptors (Lipinski definition) is 8. The van der Waals surface area contributed by atoms with Crippen LogP contribution in [0.3, 0.4) is 0 Å². The van der Waals surface area contributed by atoms with Gasteiger partial charge in [0.05, 0.1) is 27.9 Å². The third kappa shape index (κ3) is 5.44. The van der Waals surface area contributed by atoms with E-state index in [4.69, 9.17) is 24.1 Å². The molecule has 29 heavy (non-hydrogen) atoms. The van der Waals surface area contributed by atoms with Gasteiger partial charge in [0.15, 0.2) is 29.1 Å². The molecular formula is C21H28O8. The molecule has 8 heteroatoms. The van der Waals surface area contributed by atoms with Crippen LogP contribution in [-0.2, 0) is 6.42 Å². The van der Waals surface area contributed by atoms with Gasteiger partial charge in [0.25, 0.3) is 0 Å². The largest absolute Gasteiger partial charge is 0.504 e. The molecule has 0 amide bonds. The molecule has 2 rings (SSSR count). The Hall–Kier alpha value is -2.68. The van der Waals surface area contributed by atoms with Crippen molar-refractivity contribution >= 4 is 0 Å². The first kappa shape index (κ1) is 22.6. The number of phenolic OH excluding ortho intramolecular Hbond substituents is 1. The fourth-order valence-electron chi connectivity index (χ4n) is 2.92. The molecule has 4 N–H and O–H groups in total. The molecule has 0 spiro atoms. The molecule has 2 atom stereocenters. The molecule has 0 radical (unpaired) electrons. The van der Waals surface area contributed by atoms with Crippen molar-refractivity contribution < 1.29 is 39.4 Å². The highest BCUT2D eigenvalue weighted by atomic mass is 16.6. The van der Waals surface area contributed by atoms with Crippen molar-refractivity contribution in [3.05, 3.63) is 41.5 Å². The third-order valence-corrected chi connectivity index (χ3v) is 4.49. The molecular weight excluding hydrogens is 380 g/mol. The van der Waals surface area contributed by atoms with E-state index in [0.717, 1.165) is 5.56 Å². The van der Waals surface area contributed by atoms with E-state index in [1.54, 1.807) is 12.1 Å². The minimum Gasteiger partial charge on any atom is -0.504 e. The molecule has 0 aliphatic carbocycles. The smallest absolute Gasteiger partial charge is 0.204 e. The molecule has 8 nitrogen and oxygen atoms in total. The van der Waals surface area contributed by atoms with E-state index in [2.05, 4.69) is 0 Å². The number of aliphatic hydroxyl groups excluding tert-OH is 3. The molecule has 0 saturated carbocycles. The Labute approximate surface area is 169 Å². The molecule has 0 saturated heterocycles. The van der Waals surface area contributed by atoms with Crippen LogP contribution in [0.1, 0.15) is 23.7 Å². The zero-order valence-corrected chi connectivity index (χ0v) is 16.8. The zero-order chi connectivity index (χ0) is 21.4. The second-order valence-electron chi connectivity index (χ2n) is 6.37. The maximum Gasteiger partial charge on any atom is 0.204 e. The number of benzene rings is 2. The van der Waals surface area contributed by atoms with Crippen molar-refractivity contribution in [3.8, 4) is 28.7 Å². The van der Waals surface area contributed by atoms with Gasteiger partial charge in [-0.2, -0.15) is 0 Å². The van der Waals surface area contributed by atoms with Gasteiger partial charge in [-0.3, -0.25) is 0 Å². The summed E-state index contributed by atoms with van der Waals surface area (Å²) in [5.74, 6) is 1.14. The highest BCUT2D eigenvalue weighted by Crippen LogP contribution is 2.41. The van der Waals surface area contributed by atoms with E-state index >= 15 is 0 Å². The molecule has 0 aliphatic heterocycles. The van der Waals surface area contributed by atoms with Gasteiger partial charge in [-0.1, -0.05) is 6.07 Å². The Bertz CT molecular complexity index is 767. The Morgan fingerprint density at radius 2 is 1.52 bits per heavy atom. The standard InChI is InChI=1S/C21H28O8/c1-26-16-11-14(6-7-15(16)24)20(25)19(12-23)29-21-17(27-2)9-13(5-4-8-22)10-18(21)28-3/h6-7,9-11,19-20,22-25H,4-5,8,12H2,1-3H3/t19-,20+/m0/s1. The molecule has 0 bridgehead atoms. The lowest BCUT2D eigenvalue weighted by Crippen LogP contribution is -2.29. The van der Waals surface area contributed by atoms with Crippen LogP contribution in [0, 0.1) is 0 Å². The Kier molecular flexibility index (Phi) is 8.38. The maximum atomic E-state index is 10.7. The number of aryl methyl sites for hydroxylation is 1. The minimum atomic E-state index is -1.21. The van der Waals surface area contributed by atoms with Crippen LogP contribution in [0.2, 0.25) is 0 Å². The first-order chi connectivity index (χ1) is 14.0. The molecule has 0 aliphatic rings. The Morgan fingerprint density at radius 1 is 0.897 bits per heavy atom. The third-order valence-electron chi connectivity index (χ3n) is 4.49. The number of methoxy groups -OCH3 is 3.